The minimum absolute atomic E-state index is 0.0319. The Balaban J connectivity index is 1.80. The number of hydrogen-bond donors (Lipinski definition) is 2. The van der Waals surface area contributed by atoms with E-state index in [9.17, 15) is 14.0 Å². The molecule has 0 spiro atoms. The summed E-state index contributed by atoms with van der Waals surface area (Å²) in [5, 5.41) is 2.78. The van der Waals surface area contributed by atoms with Crippen LogP contribution in [0.3, 0.4) is 0 Å². The van der Waals surface area contributed by atoms with Crippen LogP contribution in [-0.2, 0) is 6.54 Å². The number of hydrogen-bond acceptors (Lipinski definition) is 2. The first-order valence-corrected chi connectivity index (χ1v) is 7.72. The first-order chi connectivity index (χ1) is 11.5. The van der Waals surface area contributed by atoms with E-state index in [0.717, 1.165) is 11.1 Å². The molecule has 0 aliphatic heterocycles. The van der Waals surface area contributed by atoms with E-state index in [2.05, 4.69) is 10.3 Å². The van der Waals surface area contributed by atoms with Crippen molar-refractivity contribution in [2.24, 2.45) is 0 Å². The predicted octanol–water partition coefficient (Wildman–Crippen LogP) is 2.98. The van der Waals surface area contributed by atoms with E-state index >= 15 is 0 Å². The van der Waals surface area contributed by atoms with Gasteiger partial charge in [-0.2, -0.15) is 0 Å². The van der Waals surface area contributed by atoms with Crippen molar-refractivity contribution in [1.29, 1.82) is 0 Å². The van der Waals surface area contributed by atoms with E-state index in [-0.39, 0.29) is 23.5 Å². The molecule has 2 aromatic carbocycles. The van der Waals surface area contributed by atoms with Crippen LogP contribution in [0.2, 0.25) is 0 Å². The third-order valence-electron chi connectivity index (χ3n) is 3.86. The first-order valence-electron chi connectivity index (χ1n) is 7.72. The molecule has 5 nitrogen and oxygen atoms in total. The Kier molecular flexibility index (Phi) is 4.20. The van der Waals surface area contributed by atoms with Crippen LogP contribution in [0.25, 0.3) is 11.0 Å². The Labute approximate surface area is 138 Å². The summed E-state index contributed by atoms with van der Waals surface area (Å²) in [5.41, 5.74) is 2.48. The Morgan fingerprint density at radius 2 is 1.92 bits per heavy atom. The van der Waals surface area contributed by atoms with Crippen LogP contribution in [0.15, 0.2) is 47.3 Å². The van der Waals surface area contributed by atoms with Crippen LogP contribution in [0.4, 0.5) is 4.39 Å². The third kappa shape index (κ3) is 3.08. The fraction of sp³-hybridized carbons (Fsp3) is 0.222. The molecule has 1 amide bonds. The molecule has 0 bridgehead atoms. The Morgan fingerprint density at radius 1 is 1.21 bits per heavy atom. The Bertz CT molecular complexity index is 939. The van der Waals surface area contributed by atoms with Gasteiger partial charge in [0.1, 0.15) is 5.82 Å². The molecule has 0 aliphatic carbocycles. The summed E-state index contributed by atoms with van der Waals surface area (Å²) in [7, 11) is 0. The Morgan fingerprint density at radius 3 is 2.58 bits per heavy atom. The molecular weight excluding hydrogens is 309 g/mol. The quantitative estimate of drug-likeness (QED) is 0.773. The number of imidazole rings is 1. The lowest BCUT2D eigenvalue weighted by molar-refractivity contribution is 0.0951. The van der Waals surface area contributed by atoms with Gasteiger partial charge in [0.25, 0.3) is 5.91 Å². The fourth-order valence-electron chi connectivity index (χ4n) is 2.67. The number of carbonyl (C=O) groups excluding carboxylic acids is 1. The van der Waals surface area contributed by atoms with Gasteiger partial charge in [-0.3, -0.25) is 9.36 Å². The molecule has 0 atom stereocenters. The molecule has 3 rings (SSSR count). The normalized spacial score (nSPS) is 11.2. The molecule has 0 saturated carbocycles. The van der Waals surface area contributed by atoms with E-state index in [1.165, 1.54) is 12.1 Å². The summed E-state index contributed by atoms with van der Waals surface area (Å²) in [6, 6.07) is 11.1. The SMILES string of the molecule is CC(C)n1c(=O)[nH]c2cc(C(=O)NCc3ccc(F)cc3)ccc21. The van der Waals surface area contributed by atoms with Gasteiger partial charge in [0.2, 0.25) is 0 Å². The number of benzene rings is 2. The van der Waals surface area contributed by atoms with Gasteiger partial charge < -0.3 is 10.3 Å². The van der Waals surface area contributed by atoms with Gasteiger partial charge in [0.05, 0.1) is 11.0 Å². The lowest BCUT2D eigenvalue weighted by Gasteiger charge is -2.08. The zero-order valence-corrected chi connectivity index (χ0v) is 13.5. The van der Waals surface area contributed by atoms with Gasteiger partial charge in [0.15, 0.2) is 0 Å². The van der Waals surface area contributed by atoms with Crippen LogP contribution in [0.1, 0.15) is 35.8 Å². The molecule has 24 heavy (non-hydrogen) atoms. The smallest absolute Gasteiger partial charge is 0.326 e. The highest BCUT2D eigenvalue weighted by atomic mass is 19.1. The molecule has 2 N–H and O–H groups in total. The molecule has 0 aliphatic rings. The Hall–Kier alpha value is -2.89. The topological polar surface area (TPSA) is 66.9 Å². The van der Waals surface area contributed by atoms with E-state index in [0.29, 0.717) is 17.6 Å². The summed E-state index contributed by atoms with van der Waals surface area (Å²) < 4.78 is 14.5. The van der Waals surface area contributed by atoms with Crippen molar-refractivity contribution >= 4 is 16.9 Å². The lowest BCUT2D eigenvalue weighted by atomic mass is 10.1. The molecule has 1 heterocycles. The van der Waals surface area contributed by atoms with Gasteiger partial charge in [-0.15, -0.1) is 0 Å². The predicted molar refractivity (Wildman–Crippen MR) is 90.5 cm³/mol. The summed E-state index contributed by atoms with van der Waals surface area (Å²) in [4.78, 5) is 27.0. The lowest BCUT2D eigenvalue weighted by Crippen LogP contribution is -2.22. The van der Waals surface area contributed by atoms with Crippen molar-refractivity contribution in [3.63, 3.8) is 0 Å². The van der Waals surface area contributed by atoms with Crippen molar-refractivity contribution in [2.75, 3.05) is 0 Å². The zero-order chi connectivity index (χ0) is 17.3. The fourth-order valence-corrected chi connectivity index (χ4v) is 2.67. The van der Waals surface area contributed by atoms with Crippen LogP contribution in [0, 0.1) is 5.82 Å². The van der Waals surface area contributed by atoms with Gasteiger partial charge in [-0.1, -0.05) is 12.1 Å². The highest BCUT2D eigenvalue weighted by molar-refractivity contribution is 5.97. The van der Waals surface area contributed by atoms with Crippen molar-refractivity contribution in [1.82, 2.24) is 14.9 Å². The number of aromatic nitrogens is 2. The zero-order valence-electron chi connectivity index (χ0n) is 13.5. The van der Waals surface area contributed by atoms with Crippen LogP contribution in [0.5, 0.6) is 0 Å². The number of rotatable bonds is 4. The van der Waals surface area contributed by atoms with Crippen LogP contribution in [-0.4, -0.2) is 15.5 Å². The standard InChI is InChI=1S/C18H18FN3O2/c1-11(2)22-16-8-5-13(9-15(16)21-18(22)24)17(23)20-10-12-3-6-14(19)7-4-12/h3-9,11H,10H2,1-2H3,(H,20,23)(H,21,24). The number of halogens is 1. The van der Waals surface area contributed by atoms with E-state index < -0.39 is 0 Å². The molecule has 0 saturated heterocycles. The number of nitrogens with zero attached hydrogens (tertiary/aromatic N) is 1. The summed E-state index contributed by atoms with van der Waals surface area (Å²) in [5.74, 6) is -0.562. The molecule has 0 radical (unpaired) electrons. The van der Waals surface area contributed by atoms with Gasteiger partial charge >= 0.3 is 5.69 Å². The van der Waals surface area contributed by atoms with Crippen molar-refractivity contribution < 1.29 is 9.18 Å². The molecule has 6 heteroatoms. The number of nitrogens with one attached hydrogen (secondary N) is 2. The van der Waals surface area contributed by atoms with Crippen molar-refractivity contribution in [3.8, 4) is 0 Å². The minimum Gasteiger partial charge on any atom is -0.348 e. The second-order valence-corrected chi connectivity index (χ2v) is 5.93. The number of fused-ring (bicyclic) bond motifs is 1. The average Bonchev–Trinajstić information content (AvgIpc) is 2.89. The highest BCUT2D eigenvalue weighted by Gasteiger charge is 2.12. The summed E-state index contributed by atoms with van der Waals surface area (Å²) in [6.07, 6.45) is 0. The number of carbonyl (C=O) groups is 1. The van der Waals surface area contributed by atoms with Crippen LogP contribution >= 0.6 is 0 Å². The molecule has 3 aromatic rings. The molecule has 1 aromatic heterocycles. The van der Waals surface area contributed by atoms with Crippen molar-refractivity contribution in [3.05, 3.63) is 69.9 Å². The monoisotopic (exact) mass is 327 g/mol. The largest absolute Gasteiger partial charge is 0.348 e. The maximum atomic E-state index is 12.9. The van der Waals surface area contributed by atoms with Crippen molar-refractivity contribution in [2.45, 2.75) is 26.4 Å². The second kappa shape index (κ2) is 6.31. The number of aromatic amines is 1. The summed E-state index contributed by atoms with van der Waals surface area (Å²) in [6.45, 7) is 4.16. The van der Waals surface area contributed by atoms with Crippen LogP contribution < -0.4 is 11.0 Å². The maximum absolute atomic E-state index is 12.9. The molecule has 0 unspecified atom stereocenters. The van der Waals surface area contributed by atoms with E-state index in [1.54, 1.807) is 34.9 Å². The minimum atomic E-state index is -0.311. The van der Waals surface area contributed by atoms with E-state index in [4.69, 9.17) is 0 Å². The third-order valence-corrected chi connectivity index (χ3v) is 3.86. The van der Waals surface area contributed by atoms with Gasteiger partial charge in [-0.05, 0) is 49.7 Å². The second-order valence-electron chi connectivity index (χ2n) is 5.93. The molecule has 124 valence electrons. The first kappa shape index (κ1) is 16.0. The van der Waals surface area contributed by atoms with Gasteiger partial charge in [0, 0.05) is 18.2 Å². The van der Waals surface area contributed by atoms with Gasteiger partial charge in [-0.25, -0.2) is 9.18 Å². The van der Waals surface area contributed by atoms with E-state index in [1.807, 2.05) is 13.8 Å². The highest BCUT2D eigenvalue weighted by Crippen LogP contribution is 2.16. The maximum Gasteiger partial charge on any atom is 0.326 e. The average molecular weight is 327 g/mol. The number of H-pyrrole nitrogens is 1. The summed E-state index contributed by atoms with van der Waals surface area (Å²) >= 11 is 0. The number of amides is 1. The molecule has 0 fully saturated rings. The molecular formula is C18H18FN3O2.